The summed E-state index contributed by atoms with van der Waals surface area (Å²) >= 11 is 0. The van der Waals surface area contributed by atoms with Crippen LogP contribution in [0.15, 0.2) is 34.7 Å². The van der Waals surface area contributed by atoms with Crippen LogP contribution in [0.3, 0.4) is 0 Å². The number of piperidine rings is 1. The highest BCUT2D eigenvalue weighted by Gasteiger charge is 2.16. The number of hydrogen-bond acceptors (Lipinski definition) is 4. The van der Waals surface area contributed by atoms with Gasteiger partial charge in [0, 0.05) is 17.3 Å². The minimum Gasteiger partial charge on any atom is -0.433 e. The third-order valence-corrected chi connectivity index (χ3v) is 5.50. The van der Waals surface area contributed by atoms with E-state index in [4.69, 9.17) is 4.42 Å². The normalized spacial score (nSPS) is 16.2. The molecule has 1 N–H and O–H groups in total. The number of rotatable bonds is 5. The van der Waals surface area contributed by atoms with Crippen molar-refractivity contribution in [2.24, 2.45) is 5.92 Å². The van der Waals surface area contributed by atoms with Crippen molar-refractivity contribution in [3.63, 3.8) is 0 Å². The second-order valence-electron chi connectivity index (χ2n) is 7.82. The van der Waals surface area contributed by atoms with E-state index < -0.39 is 0 Å². The molecule has 0 saturated carbocycles. The Hall–Kier alpha value is -2.40. The molecule has 1 aliphatic rings. The Morgan fingerprint density at radius 3 is 2.85 bits per heavy atom. The molecule has 0 bridgehead atoms. The van der Waals surface area contributed by atoms with Gasteiger partial charge in [-0.3, -0.25) is 4.79 Å². The average Bonchev–Trinajstić information content (AvgIpc) is 3.07. The average molecular weight is 365 g/mol. The van der Waals surface area contributed by atoms with Crippen LogP contribution >= 0.6 is 0 Å². The Morgan fingerprint density at radius 2 is 2.04 bits per heavy atom. The van der Waals surface area contributed by atoms with Gasteiger partial charge in [0.2, 0.25) is 5.71 Å². The molecule has 1 saturated heterocycles. The van der Waals surface area contributed by atoms with Gasteiger partial charge in [-0.25, -0.2) is 4.98 Å². The van der Waals surface area contributed by atoms with Crippen molar-refractivity contribution in [3.8, 4) is 0 Å². The van der Waals surface area contributed by atoms with E-state index in [1.54, 1.807) is 6.07 Å². The number of benzene rings is 1. The maximum atomic E-state index is 12.4. The zero-order valence-electron chi connectivity index (χ0n) is 16.1. The van der Waals surface area contributed by atoms with Gasteiger partial charge in [-0.05, 0) is 75.5 Å². The molecule has 3 aromatic rings. The molecule has 0 unspecified atom stereocenters. The van der Waals surface area contributed by atoms with Gasteiger partial charge in [0.05, 0.1) is 5.52 Å². The number of hydrogen-bond donors (Lipinski definition) is 1. The Morgan fingerprint density at radius 1 is 1.22 bits per heavy atom. The molecule has 0 radical (unpaired) electrons. The summed E-state index contributed by atoms with van der Waals surface area (Å²) in [6.07, 6.45) is 3.53. The molecule has 4 rings (SSSR count). The molecule has 0 spiro atoms. The monoisotopic (exact) mass is 365 g/mol. The quantitative estimate of drug-likeness (QED) is 0.690. The minimum absolute atomic E-state index is 0.166. The predicted molar refractivity (Wildman–Crippen MR) is 108 cm³/mol. The van der Waals surface area contributed by atoms with Gasteiger partial charge in [-0.15, -0.1) is 0 Å². The van der Waals surface area contributed by atoms with E-state index in [2.05, 4.69) is 28.2 Å². The lowest BCUT2D eigenvalue weighted by atomic mass is 9.99. The molecule has 1 aliphatic heterocycles. The Labute approximate surface area is 159 Å². The summed E-state index contributed by atoms with van der Waals surface area (Å²) in [7, 11) is 0. The first-order valence-electron chi connectivity index (χ1n) is 9.90. The summed E-state index contributed by atoms with van der Waals surface area (Å²) in [5.41, 5.74) is 2.56. The van der Waals surface area contributed by atoms with Gasteiger partial charge < -0.3 is 14.6 Å². The van der Waals surface area contributed by atoms with Crippen LogP contribution in [0.5, 0.6) is 0 Å². The fourth-order valence-electron chi connectivity index (χ4n) is 3.73. The molecular formula is C22H27N3O2. The summed E-state index contributed by atoms with van der Waals surface area (Å²) in [5, 5.41) is 4.88. The van der Waals surface area contributed by atoms with Crippen molar-refractivity contribution < 1.29 is 9.21 Å². The van der Waals surface area contributed by atoms with E-state index in [1.165, 1.54) is 25.9 Å². The van der Waals surface area contributed by atoms with Crippen molar-refractivity contribution in [3.05, 3.63) is 41.7 Å². The van der Waals surface area contributed by atoms with Crippen molar-refractivity contribution in [2.45, 2.75) is 33.1 Å². The molecule has 5 nitrogen and oxygen atoms in total. The number of nitrogens with zero attached hydrogens (tertiary/aromatic N) is 2. The molecule has 27 heavy (non-hydrogen) atoms. The van der Waals surface area contributed by atoms with Gasteiger partial charge in [-0.2, -0.15) is 0 Å². The Balaban J connectivity index is 1.35. The predicted octanol–water partition coefficient (Wildman–Crippen LogP) is 4.14. The standard InChI is InChI=1S/C22H27N3O2/c1-15-6-10-25(11-7-15)9-3-8-23-21(26)20-14-18-13-17-5-4-16(2)12-19(17)24-22(18)27-20/h4-5,12-15H,3,6-11H2,1-2H3,(H,23,26). The van der Waals surface area contributed by atoms with Crippen molar-refractivity contribution in [1.82, 2.24) is 15.2 Å². The largest absolute Gasteiger partial charge is 0.433 e. The van der Waals surface area contributed by atoms with E-state index in [1.807, 2.05) is 25.1 Å². The Kier molecular flexibility index (Phi) is 5.12. The second-order valence-corrected chi connectivity index (χ2v) is 7.82. The van der Waals surface area contributed by atoms with Crippen LogP contribution in [0.2, 0.25) is 0 Å². The third-order valence-electron chi connectivity index (χ3n) is 5.50. The number of carbonyl (C=O) groups excluding carboxylic acids is 1. The first-order valence-corrected chi connectivity index (χ1v) is 9.90. The van der Waals surface area contributed by atoms with Crippen molar-refractivity contribution in [1.29, 1.82) is 0 Å². The molecule has 0 aliphatic carbocycles. The lowest BCUT2D eigenvalue weighted by Gasteiger charge is -2.30. The molecule has 1 fully saturated rings. The maximum absolute atomic E-state index is 12.4. The molecule has 142 valence electrons. The lowest BCUT2D eigenvalue weighted by Crippen LogP contribution is -2.35. The highest BCUT2D eigenvalue weighted by Crippen LogP contribution is 2.23. The summed E-state index contributed by atoms with van der Waals surface area (Å²) < 4.78 is 5.70. The first kappa shape index (κ1) is 18.0. The number of pyridine rings is 1. The van der Waals surface area contributed by atoms with E-state index in [9.17, 15) is 4.79 Å². The van der Waals surface area contributed by atoms with Gasteiger partial charge in [0.25, 0.3) is 5.91 Å². The van der Waals surface area contributed by atoms with E-state index in [0.29, 0.717) is 18.0 Å². The zero-order valence-corrected chi connectivity index (χ0v) is 16.1. The molecule has 3 heterocycles. The number of likely N-dealkylation sites (tertiary alicyclic amines) is 1. The summed E-state index contributed by atoms with van der Waals surface area (Å²) in [4.78, 5) is 19.5. The van der Waals surface area contributed by atoms with Gasteiger partial charge in [-0.1, -0.05) is 19.1 Å². The van der Waals surface area contributed by atoms with Crippen LogP contribution in [-0.4, -0.2) is 42.0 Å². The maximum Gasteiger partial charge on any atom is 0.287 e. The number of aromatic nitrogens is 1. The van der Waals surface area contributed by atoms with Crippen LogP contribution in [0.4, 0.5) is 0 Å². The smallest absolute Gasteiger partial charge is 0.287 e. The molecule has 1 aromatic carbocycles. The number of carbonyl (C=O) groups is 1. The number of aryl methyl sites for hydroxylation is 1. The second kappa shape index (κ2) is 7.69. The number of furan rings is 1. The molecule has 1 amide bonds. The van der Waals surface area contributed by atoms with Crippen molar-refractivity contribution >= 4 is 27.9 Å². The highest BCUT2D eigenvalue weighted by molar-refractivity contribution is 5.98. The lowest BCUT2D eigenvalue weighted by molar-refractivity contribution is 0.0925. The fourth-order valence-corrected chi connectivity index (χ4v) is 3.73. The summed E-state index contributed by atoms with van der Waals surface area (Å²) in [6.45, 7) is 8.42. The van der Waals surface area contributed by atoms with Crippen LogP contribution in [0.25, 0.3) is 22.0 Å². The van der Waals surface area contributed by atoms with Crippen LogP contribution in [0, 0.1) is 12.8 Å². The minimum atomic E-state index is -0.166. The molecule has 0 atom stereocenters. The summed E-state index contributed by atoms with van der Waals surface area (Å²) in [6, 6.07) is 9.94. The number of nitrogens with one attached hydrogen (secondary N) is 1. The zero-order chi connectivity index (χ0) is 18.8. The van der Waals surface area contributed by atoms with Crippen LogP contribution < -0.4 is 5.32 Å². The van der Waals surface area contributed by atoms with Gasteiger partial charge in [0.15, 0.2) is 5.76 Å². The first-order chi connectivity index (χ1) is 13.1. The molecule has 5 heteroatoms. The van der Waals surface area contributed by atoms with Crippen LogP contribution in [-0.2, 0) is 0 Å². The Bertz CT molecular complexity index is 955. The topological polar surface area (TPSA) is 58.4 Å². The SMILES string of the molecule is Cc1ccc2cc3cc(C(=O)NCCCN4CCC(C)CC4)oc3nc2c1. The molecule has 2 aromatic heterocycles. The van der Waals surface area contributed by atoms with E-state index >= 15 is 0 Å². The van der Waals surface area contributed by atoms with Gasteiger partial charge >= 0.3 is 0 Å². The fraction of sp³-hybridized carbons (Fsp3) is 0.455. The third kappa shape index (κ3) is 4.14. The van der Waals surface area contributed by atoms with Crippen molar-refractivity contribution in [2.75, 3.05) is 26.2 Å². The summed E-state index contributed by atoms with van der Waals surface area (Å²) in [5.74, 6) is 1.01. The van der Waals surface area contributed by atoms with Gasteiger partial charge in [0.1, 0.15) is 0 Å². The molecular weight excluding hydrogens is 338 g/mol. The number of amides is 1. The van der Waals surface area contributed by atoms with E-state index in [-0.39, 0.29) is 5.91 Å². The number of fused-ring (bicyclic) bond motifs is 2. The van der Waals surface area contributed by atoms with E-state index in [0.717, 1.165) is 40.7 Å². The van der Waals surface area contributed by atoms with Crippen LogP contribution in [0.1, 0.15) is 42.3 Å². The highest BCUT2D eigenvalue weighted by atomic mass is 16.4.